The largest absolute Gasteiger partial charge is 0.462 e. The third kappa shape index (κ3) is 6.94. The molecule has 0 aliphatic heterocycles. The standard InChI is InChI=1S/C12H24N2O3/c1-5-14(6-2)9-7-8-10(3)13-11(15)12(16)17-4/h10H,5-9H2,1-4H3,(H,13,15). The van der Waals surface area contributed by atoms with E-state index >= 15 is 0 Å². The van der Waals surface area contributed by atoms with Crippen LogP contribution >= 0.6 is 0 Å². The van der Waals surface area contributed by atoms with Crippen molar-refractivity contribution in [1.82, 2.24) is 10.2 Å². The Morgan fingerprint density at radius 1 is 1.29 bits per heavy atom. The summed E-state index contributed by atoms with van der Waals surface area (Å²) in [6.45, 7) is 9.26. The summed E-state index contributed by atoms with van der Waals surface area (Å²) in [6.07, 6.45) is 1.86. The molecule has 0 aromatic heterocycles. The summed E-state index contributed by atoms with van der Waals surface area (Å²) in [4.78, 5) is 24.4. The van der Waals surface area contributed by atoms with E-state index in [-0.39, 0.29) is 6.04 Å². The van der Waals surface area contributed by atoms with Gasteiger partial charge in [-0.05, 0) is 39.4 Å². The maximum Gasteiger partial charge on any atom is 0.396 e. The Labute approximate surface area is 103 Å². The van der Waals surface area contributed by atoms with Gasteiger partial charge in [0.15, 0.2) is 0 Å². The highest BCUT2D eigenvalue weighted by atomic mass is 16.5. The van der Waals surface area contributed by atoms with Crippen LogP contribution in [0, 0.1) is 0 Å². The molecule has 5 nitrogen and oxygen atoms in total. The Balaban J connectivity index is 3.76. The second-order valence-electron chi connectivity index (χ2n) is 4.04. The molecule has 0 heterocycles. The first-order valence-corrected chi connectivity index (χ1v) is 6.16. The van der Waals surface area contributed by atoms with E-state index in [4.69, 9.17) is 0 Å². The van der Waals surface area contributed by atoms with Crippen molar-refractivity contribution in [2.75, 3.05) is 26.7 Å². The monoisotopic (exact) mass is 244 g/mol. The molecule has 1 amide bonds. The number of methoxy groups -OCH3 is 1. The lowest BCUT2D eigenvalue weighted by molar-refractivity contribution is -0.153. The van der Waals surface area contributed by atoms with E-state index in [1.54, 1.807) is 0 Å². The van der Waals surface area contributed by atoms with Gasteiger partial charge in [-0.25, -0.2) is 4.79 Å². The van der Waals surface area contributed by atoms with E-state index < -0.39 is 11.9 Å². The lowest BCUT2D eigenvalue weighted by atomic mass is 10.1. The van der Waals surface area contributed by atoms with Crippen LogP contribution in [0.5, 0.6) is 0 Å². The van der Waals surface area contributed by atoms with Crippen LogP contribution in [-0.2, 0) is 14.3 Å². The van der Waals surface area contributed by atoms with E-state index in [0.29, 0.717) is 0 Å². The number of hydrogen-bond acceptors (Lipinski definition) is 4. The van der Waals surface area contributed by atoms with Gasteiger partial charge in [-0.3, -0.25) is 4.79 Å². The van der Waals surface area contributed by atoms with Crippen molar-refractivity contribution in [3.05, 3.63) is 0 Å². The fourth-order valence-corrected chi connectivity index (χ4v) is 1.61. The normalized spacial score (nSPS) is 12.3. The molecule has 0 aliphatic rings. The van der Waals surface area contributed by atoms with Gasteiger partial charge in [-0.15, -0.1) is 0 Å². The van der Waals surface area contributed by atoms with Crippen molar-refractivity contribution in [1.29, 1.82) is 0 Å². The SMILES string of the molecule is CCN(CC)CCCC(C)NC(=O)C(=O)OC. The molecule has 0 aromatic rings. The number of hydrogen-bond donors (Lipinski definition) is 1. The molecule has 0 saturated heterocycles. The molecule has 0 rings (SSSR count). The fourth-order valence-electron chi connectivity index (χ4n) is 1.61. The zero-order chi connectivity index (χ0) is 13.3. The zero-order valence-corrected chi connectivity index (χ0v) is 11.3. The maximum atomic E-state index is 11.2. The second kappa shape index (κ2) is 8.98. The van der Waals surface area contributed by atoms with Crippen LogP contribution < -0.4 is 5.32 Å². The highest BCUT2D eigenvalue weighted by Crippen LogP contribution is 1.99. The Kier molecular flexibility index (Phi) is 8.40. The van der Waals surface area contributed by atoms with Gasteiger partial charge in [-0.1, -0.05) is 13.8 Å². The lowest BCUT2D eigenvalue weighted by Gasteiger charge is -2.19. The smallest absolute Gasteiger partial charge is 0.396 e. The average molecular weight is 244 g/mol. The van der Waals surface area contributed by atoms with E-state index in [1.807, 2.05) is 6.92 Å². The van der Waals surface area contributed by atoms with Crippen molar-refractivity contribution in [2.45, 2.75) is 39.7 Å². The van der Waals surface area contributed by atoms with Crippen molar-refractivity contribution in [2.24, 2.45) is 0 Å². The van der Waals surface area contributed by atoms with Crippen LogP contribution in [0.15, 0.2) is 0 Å². The molecule has 0 fully saturated rings. The molecule has 0 bridgehead atoms. The van der Waals surface area contributed by atoms with Gasteiger partial charge >= 0.3 is 11.9 Å². The summed E-state index contributed by atoms with van der Waals surface area (Å²) in [7, 11) is 1.20. The second-order valence-corrected chi connectivity index (χ2v) is 4.04. The van der Waals surface area contributed by atoms with Crippen molar-refractivity contribution >= 4 is 11.9 Å². The van der Waals surface area contributed by atoms with Crippen LogP contribution in [0.2, 0.25) is 0 Å². The molecule has 0 spiro atoms. The first-order chi connectivity index (χ1) is 8.04. The predicted octanol–water partition coefficient (Wildman–Crippen LogP) is 0.786. The number of nitrogens with one attached hydrogen (secondary N) is 1. The topological polar surface area (TPSA) is 58.6 Å². The quantitative estimate of drug-likeness (QED) is 0.531. The molecule has 1 atom stereocenters. The average Bonchev–Trinajstić information content (AvgIpc) is 2.33. The Morgan fingerprint density at radius 2 is 1.88 bits per heavy atom. The molecule has 100 valence electrons. The molecule has 0 aromatic carbocycles. The minimum Gasteiger partial charge on any atom is -0.462 e. The summed E-state index contributed by atoms with van der Waals surface area (Å²) < 4.78 is 4.33. The molecule has 0 radical (unpaired) electrons. The molecular weight excluding hydrogens is 220 g/mol. The van der Waals surface area contributed by atoms with Crippen molar-refractivity contribution < 1.29 is 14.3 Å². The number of amides is 1. The highest BCUT2D eigenvalue weighted by Gasteiger charge is 2.15. The first-order valence-electron chi connectivity index (χ1n) is 6.16. The third-order valence-corrected chi connectivity index (χ3v) is 2.75. The van der Waals surface area contributed by atoms with Crippen LogP contribution in [0.3, 0.4) is 0 Å². The van der Waals surface area contributed by atoms with Crippen LogP contribution in [0.1, 0.15) is 33.6 Å². The summed E-state index contributed by atoms with van der Waals surface area (Å²) in [5, 5.41) is 2.61. The number of esters is 1. The van der Waals surface area contributed by atoms with Crippen LogP contribution in [-0.4, -0.2) is 49.6 Å². The first kappa shape index (κ1) is 15.9. The molecule has 0 aliphatic carbocycles. The Morgan fingerprint density at radius 3 is 2.35 bits per heavy atom. The number of rotatable bonds is 7. The van der Waals surface area contributed by atoms with Gasteiger partial charge in [0, 0.05) is 6.04 Å². The summed E-state index contributed by atoms with van der Waals surface area (Å²) in [5.74, 6) is -1.50. The third-order valence-electron chi connectivity index (χ3n) is 2.75. The van der Waals surface area contributed by atoms with Gasteiger partial charge in [0.2, 0.25) is 0 Å². The fraction of sp³-hybridized carbons (Fsp3) is 0.833. The van der Waals surface area contributed by atoms with E-state index in [9.17, 15) is 9.59 Å². The summed E-state index contributed by atoms with van der Waals surface area (Å²) >= 11 is 0. The lowest BCUT2D eigenvalue weighted by Crippen LogP contribution is -2.38. The number of carbonyl (C=O) groups excluding carboxylic acids is 2. The predicted molar refractivity (Wildman–Crippen MR) is 66.6 cm³/mol. The van der Waals surface area contributed by atoms with Crippen molar-refractivity contribution in [3.8, 4) is 0 Å². The van der Waals surface area contributed by atoms with Gasteiger partial charge < -0.3 is 15.0 Å². The van der Waals surface area contributed by atoms with E-state index in [0.717, 1.165) is 32.5 Å². The molecule has 5 heteroatoms. The molecular formula is C12H24N2O3. The molecule has 17 heavy (non-hydrogen) atoms. The molecule has 1 unspecified atom stereocenters. The van der Waals surface area contributed by atoms with Gasteiger partial charge in [0.05, 0.1) is 7.11 Å². The summed E-state index contributed by atoms with van der Waals surface area (Å²) in [6, 6.07) is -0.00263. The summed E-state index contributed by atoms with van der Waals surface area (Å²) in [5.41, 5.74) is 0. The van der Waals surface area contributed by atoms with Gasteiger partial charge in [-0.2, -0.15) is 0 Å². The Hall–Kier alpha value is -1.10. The maximum absolute atomic E-state index is 11.2. The van der Waals surface area contributed by atoms with E-state index in [2.05, 4.69) is 28.8 Å². The number of nitrogens with zero attached hydrogens (tertiary/aromatic N) is 1. The molecule has 1 N–H and O–H groups in total. The van der Waals surface area contributed by atoms with Gasteiger partial charge in [0.1, 0.15) is 0 Å². The minimum atomic E-state index is -0.833. The minimum absolute atomic E-state index is 0.00263. The van der Waals surface area contributed by atoms with Crippen molar-refractivity contribution in [3.63, 3.8) is 0 Å². The highest BCUT2D eigenvalue weighted by molar-refractivity contribution is 6.32. The van der Waals surface area contributed by atoms with Gasteiger partial charge in [0.25, 0.3) is 0 Å². The van der Waals surface area contributed by atoms with Crippen LogP contribution in [0.25, 0.3) is 0 Å². The molecule has 0 saturated carbocycles. The Bertz CT molecular complexity index is 240. The van der Waals surface area contributed by atoms with E-state index in [1.165, 1.54) is 7.11 Å². The number of ether oxygens (including phenoxy) is 1. The van der Waals surface area contributed by atoms with Crippen LogP contribution in [0.4, 0.5) is 0 Å². The number of carbonyl (C=O) groups is 2. The zero-order valence-electron chi connectivity index (χ0n) is 11.3.